The number of hydrogen-bond donors (Lipinski definition) is 4. The lowest BCUT2D eigenvalue weighted by atomic mass is 10.0. The summed E-state index contributed by atoms with van der Waals surface area (Å²) in [6, 6.07) is 10.3. The number of likely N-dealkylation sites (N-methyl/N-ethyl adjacent to an activating group) is 1. The van der Waals surface area contributed by atoms with Gasteiger partial charge in [0.2, 0.25) is 11.7 Å². The van der Waals surface area contributed by atoms with Gasteiger partial charge in [-0.25, -0.2) is 0 Å². The molecule has 2 aromatic heterocycles. The van der Waals surface area contributed by atoms with E-state index in [0.717, 1.165) is 27.7 Å². The van der Waals surface area contributed by atoms with Crippen molar-refractivity contribution in [2.45, 2.75) is 6.04 Å². The minimum Gasteiger partial charge on any atom is -0.370 e. The van der Waals surface area contributed by atoms with E-state index in [4.69, 9.17) is 11.6 Å². The summed E-state index contributed by atoms with van der Waals surface area (Å²) in [6.07, 6.45) is 1.67. The van der Waals surface area contributed by atoms with Gasteiger partial charge in [-0.05, 0) is 35.0 Å². The molecule has 0 saturated heterocycles. The van der Waals surface area contributed by atoms with Gasteiger partial charge in [0.05, 0.1) is 11.7 Å². The maximum Gasteiger partial charge on any atom is 0.246 e. The van der Waals surface area contributed by atoms with E-state index >= 15 is 0 Å². The maximum absolute atomic E-state index is 12.6. The van der Waals surface area contributed by atoms with Gasteiger partial charge in [0.25, 0.3) is 0 Å². The van der Waals surface area contributed by atoms with Gasteiger partial charge in [-0.15, -0.1) is 10.2 Å². The molecule has 2 aromatic carbocycles. The zero-order chi connectivity index (χ0) is 18.8. The monoisotopic (exact) mass is 382 g/mol. The highest BCUT2D eigenvalue weighted by Crippen LogP contribution is 2.30. The molecule has 4 rings (SSSR count). The normalized spacial score (nSPS) is 12.1. The molecule has 136 valence electrons. The predicted molar refractivity (Wildman–Crippen MR) is 101 cm³/mol. The van der Waals surface area contributed by atoms with Crippen LogP contribution in [-0.4, -0.2) is 43.8 Å². The predicted octanol–water partition coefficient (Wildman–Crippen LogP) is 2.30. The maximum atomic E-state index is 12.6. The van der Waals surface area contributed by atoms with Crippen LogP contribution >= 0.6 is 11.6 Å². The molecule has 2 heterocycles. The van der Waals surface area contributed by atoms with Gasteiger partial charge in [0, 0.05) is 28.7 Å². The van der Waals surface area contributed by atoms with Crippen LogP contribution in [0.15, 0.2) is 42.6 Å². The Labute approximate surface area is 158 Å². The van der Waals surface area contributed by atoms with Crippen molar-refractivity contribution in [2.75, 3.05) is 12.4 Å². The van der Waals surface area contributed by atoms with E-state index in [2.05, 4.69) is 41.5 Å². The molecule has 0 spiro atoms. The molecule has 1 amide bonds. The number of amides is 1. The Morgan fingerprint density at radius 2 is 2.15 bits per heavy atom. The van der Waals surface area contributed by atoms with Crippen molar-refractivity contribution in [1.82, 2.24) is 36.1 Å². The Hall–Kier alpha value is -3.46. The lowest BCUT2D eigenvalue weighted by Crippen LogP contribution is -2.31. The second kappa shape index (κ2) is 7.04. The summed E-state index contributed by atoms with van der Waals surface area (Å²) < 4.78 is 0. The van der Waals surface area contributed by atoms with Gasteiger partial charge in [-0.3, -0.25) is 9.89 Å². The molecule has 0 saturated carbocycles. The molecular formula is C17H15ClN8O. The van der Waals surface area contributed by atoms with Crippen molar-refractivity contribution in [1.29, 1.82) is 0 Å². The van der Waals surface area contributed by atoms with E-state index in [1.54, 1.807) is 25.4 Å². The van der Waals surface area contributed by atoms with Crippen LogP contribution in [0.3, 0.4) is 0 Å². The second-order valence-electron chi connectivity index (χ2n) is 5.83. The van der Waals surface area contributed by atoms with Crippen molar-refractivity contribution in [3.8, 4) is 11.4 Å². The minimum absolute atomic E-state index is 0.204. The van der Waals surface area contributed by atoms with Gasteiger partial charge in [-0.2, -0.15) is 10.3 Å². The zero-order valence-electron chi connectivity index (χ0n) is 14.2. The standard InChI is InChI=1S/C17H15ClN8O/c1-19-17(27)15(12-6-10(18)7-14-13(12)8-20-22-14)21-11-4-2-3-9(5-11)16-23-25-26-24-16/h2-8,15,21H,1H3,(H,19,27)(H,20,22)(H,23,24,25,26)/t15-/m1/s1. The molecule has 0 aliphatic carbocycles. The number of nitrogens with zero attached hydrogens (tertiary/aromatic N) is 4. The molecule has 9 nitrogen and oxygen atoms in total. The Morgan fingerprint density at radius 1 is 1.26 bits per heavy atom. The molecule has 0 aliphatic rings. The third kappa shape index (κ3) is 3.32. The third-order valence-electron chi connectivity index (χ3n) is 4.15. The first-order valence-corrected chi connectivity index (χ1v) is 8.48. The molecule has 0 bridgehead atoms. The minimum atomic E-state index is -0.672. The number of aromatic amines is 2. The smallest absolute Gasteiger partial charge is 0.246 e. The van der Waals surface area contributed by atoms with Crippen LogP contribution in [0.1, 0.15) is 11.6 Å². The lowest BCUT2D eigenvalue weighted by Gasteiger charge is -2.20. The first kappa shape index (κ1) is 17.0. The van der Waals surface area contributed by atoms with E-state index < -0.39 is 6.04 Å². The molecule has 0 aliphatic heterocycles. The summed E-state index contributed by atoms with van der Waals surface area (Å²) in [5.41, 5.74) is 2.97. The topological polar surface area (TPSA) is 124 Å². The van der Waals surface area contributed by atoms with Gasteiger partial charge in [-0.1, -0.05) is 23.7 Å². The molecule has 4 aromatic rings. The Kier molecular flexibility index (Phi) is 4.43. The summed E-state index contributed by atoms with van der Waals surface area (Å²) in [7, 11) is 1.59. The van der Waals surface area contributed by atoms with E-state index in [0.29, 0.717) is 10.8 Å². The first-order chi connectivity index (χ1) is 13.2. The fourth-order valence-corrected chi connectivity index (χ4v) is 3.14. The summed E-state index contributed by atoms with van der Waals surface area (Å²) in [6.45, 7) is 0. The third-order valence-corrected chi connectivity index (χ3v) is 4.37. The van der Waals surface area contributed by atoms with Crippen LogP contribution < -0.4 is 10.6 Å². The van der Waals surface area contributed by atoms with Crippen molar-refractivity contribution >= 4 is 34.1 Å². The SMILES string of the molecule is CNC(=O)[C@H](Nc1cccc(-c2nn[nH]n2)c1)c1cc(Cl)cc2[nH]ncc12. The van der Waals surface area contributed by atoms with Gasteiger partial charge < -0.3 is 10.6 Å². The number of aromatic nitrogens is 6. The lowest BCUT2D eigenvalue weighted by molar-refractivity contribution is -0.121. The van der Waals surface area contributed by atoms with Crippen LogP contribution in [0.2, 0.25) is 5.02 Å². The highest BCUT2D eigenvalue weighted by molar-refractivity contribution is 6.31. The second-order valence-corrected chi connectivity index (χ2v) is 6.27. The number of rotatable bonds is 5. The van der Waals surface area contributed by atoms with Gasteiger partial charge >= 0.3 is 0 Å². The number of halogens is 1. The Balaban J connectivity index is 1.75. The quantitative estimate of drug-likeness (QED) is 0.420. The van der Waals surface area contributed by atoms with E-state index in [1.807, 2.05) is 24.3 Å². The number of hydrogen-bond acceptors (Lipinski definition) is 6. The summed E-state index contributed by atoms with van der Waals surface area (Å²) in [5.74, 6) is 0.264. The fraction of sp³-hybridized carbons (Fsp3) is 0.118. The molecule has 10 heteroatoms. The van der Waals surface area contributed by atoms with Crippen molar-refractivity contribution in [3.05, 3.63) is 53.2 Å². The summed E-state index contributed by atoms with van der Waals surface area (Å²) in [5, 5.41) is 28.2. The Morgan fingerprint density at radius 3 is 2.93 bits per heavy atom. The van der Waals surface area contributed by atoms with Crippen LogP contribution in [0.5, 0.6) is 0 Å². The first-order valence-electron chi connectivity index (χ1n) is 8.10. The van der Waals surface area contributed by atoms with E-state index in [1.165, 1.54) is 0 Å². The van der Waals surface area contributed by atoms with Crippen LogP contribution in [0, 0.1) is 0 Å². The molecule has 0 radical (unpaired) electrons. The largest absolute Gasteiger partial charge is 0.370 e. The number of carbonyl (C=O) groups excluding carboxylic acids is 1. The van der Waals surface area contributed by atoms with Crippen molar-refractivity contribution < 1.29 is 4.79 Å². The zero-order valence-corrected chi connectivity index (χ0v) is 14.9. The van der Waals surface area contributed by atoms with Crippen molar-refractivity contribution in [2.24, 2.45) is 0 Å². The molecular weight excluding hydrogens is 368 g/mol. The summed E-state index contributed by atoms with van der Waals surface area (Å²) in [4.78, 5) is 12.6. The molecule has 4 N–H and O–H groups in total. The number of anilines is 1. The highest BCUT2D eigenvalue weighted by Gasteiger charge is 2.23. The molecule has 27 heavy (non-hydrogen) atoms. The average Bonchev–Trinajstić information content (AvgIpc) is 3.37. The fourth-order valence-electron chi connectivity index (χ4n) is 2.91. The van der Waals surface area contributed by atoms with Gasteiger partial charge in [0.1, 0.15) is 6.04 Å². The molecule has 0 unspecified atom stereocenters. The Bertz CT molecular complexity index is 1090. The molecule has 0 fully saturated rings. The van der Waals surface area contributed by atoms with Crippen molar-refractivity contribution in [3.63, 3.8) is 0 Å². The average molecular weight is 383 g/mol. The molecule has 1 atom stereocenters. The van der Waals surface area contributed by atoms with Crippen LogP contribution in [-0.2, 0) is 4.79 Å². The van der Waals surface area contributed by atoms with Crippen LogP contribution in [0.25, 0.3) is 22.3 Å². The van der Waals surface area contributed by atoms with E-state index in [-0.39, 0.29) is 5.91 Å². The number of fused-ring (bicyclic) bond motifs is 1. The van der Waals surface area contributed by atoms with Gasteiger partial charge in [0.15, 0.2) is 0 Å². The number of tetrazole rings is 1. The van der Waals surface area contributed by atoms with E-state index in [9.17, 15) is 4.79 Å². The number of benzene rings is 2. The summed E-state index contributed by atoms with van der Waals surface area (Å²) >= 11 is 6.23. The number of nitrogens with one attached hydrogen (secondary N) is 4. The number of H-pyrrole nitrogens is 2. The van der Waals surface area contributed by atoms with Crippen LogP contribution in [0.4, 0.5) is 5.69 Å². The highest BCUT2D eigenvalue weighted by atomic mass is 35.5. The number of carbonyl (C=O) groups is 1.